The molecule has 0 saturated carbocycles. The Balaban J connectivity index is 1.82. The number of furan rings is 1. The van der Waals surface area contributed by atoms with E-state index >= 15 is 0 Å². The molecular formula is C19H19N3O5. The number of aryl methyl sites for hydroxylation is 2. The molecule has 140 valence electrons. The Bertz CT molecular complexity index is 1050. The predicted octanol–water partition coefficient (Wildman–Crippen LogP) is 1.51. The third-order valence-electron chi connectivity index (χ3n) is 4.36. The Labute approximate surface area is 154 Å². The van der Waals surface area contributed by atoms with Crippen LogP contribution in [0.1, 0.15) is 21.7 Å². The van der Waals surface area contributed by atoms with Crippen LogP contribution in [0.25, 0.3) is 11.1 Å². The fourth-order valence-corrected chi connectivity index (χ4v) is 2.91. The van der Waals surface area contributed by atoms with E-state index in [-0.39, 0.29) is 35.4 Å². The lowest BCUT2D eigenvalue weighted by molar-refractivity contribution is -0.141. The van der Waals surface area contributed by atoms with Crippen LogP contribution in [-0.4, -0.2) is 33.1 Å². The van der Waals surface area contributed by atoms with Crippen LogP contribution in [0.5, 0.6) is 0 Å². The predicted molar refractivity (Wildman–Crippen MR) is 97.6 cm³/mol. The number of aliphatic carboxylic acids is 1. The first-order valence-corrected chi connectivity index (χ1v) is 8.38. The van der Waals surface area contributed by atoms with Crippen molar-refractivity contribution in [1.82, 2.24) is 14.9 Å². The maximum absolute atomic E-state index is 12.6. The van der Waals surface area contributed by atoms with E-state index < -0.39 is 23.4 Å². The lowest BCUT2D eigenvalue weighted by atomic mass is 9.99. The Morgan fingerprint density at radius 1 is 1.30 bits per heavy atom. The molecule has 0 aliphatic heterocycles. The van der Waals surface area contributed by atoms with Crippen molar-refractivity contribution in [3.8, 4) is 0 Å². The number of carbonyl (C=O) groups excluding carboxylic acids is 1. The van der Waals surface area contributed by atoms with E-state index in [0.717, 1.165) is 5.56 Å². The van der Waals surface area contributed by atoms with Crippen molar-refractivity contribution in [1.29, 1.82) is 0 Å². The normalized spacial score (nSPS) is 12.1. The van der Waals surface area contributed by atoms with Crippen molar-refractivity contribution in [2.45, 2.75) is 13.3 Å². The summed E-state index contributed by atoms with van der Waals surface area (Å²) >= 11 is 0. The summed E-state index contributed by atoms with van der Waals surface area (Å²) in [6.07, 6.45) is 1.60. The number of carboxylic acids is 1. The summed E-state index contributed by atoms with van der Waals surface area (Å²) < 4.78 is 6.66. The molecule has 27 heavy (non-hydrogen) atoms. The monoisotopic (exact) mass is 369 g/mol. The number of fused-ring (bicyclic) bond motifs is 1. The van der Waals surface area contributed by atoms with Crippen molar-refractivity contribution in [3.05, 3.63) is 63.9 Å². The third-order valence-corrected chi connectivity index (χ3v) is 4.36. The van der Waals surface area contributed by atoms with Gasteiger partial charge in [0, 0.05) is 13.6 Å². The lowest BCUT2D eigenvalue weighted by Crippen LogP contribution is -2.34. The van der Waals surface area contributed by atoms with Gasteiger partial charge in [0.1, 0.15) is 17.5 Å². The Hall–Kier alpha value is -3.42. The Kier molecular flexibility index (Phi) is 5.07. The van der Waals surface area contributed by atoms with Crippen molar-refractivity contribution < 1.29 is 19.1 Å². The summed E-state index contributed by atoms with van der Waals surface area (Å²) in [5.41, 5.74) is 0.630. The molecule has 3 rings (SSSR count). The van der Waals surface area contributed by atoms with Gasteiger partial charge in [0.2, 0.25) is 5.71 Å². The van der Waals surface area contributed by atoms with Gasteiger partial charge in [0.15, 0.2) is 0 Å². The average molecular weight is 369 g/mol. The topological polar surface area (TPSA) is 114 Å². The van der Waals surface area contributed by atoms with Gasteiger partial charge >= 0.3 is 5.97 Å². The zero-order chi connectivity index (χ0) is 19.6. The van der Waals surface area contributed by atoms with Crippen LogP contribution < -0.4 is 10.9 Å². The van der Waals surface area contributed by atoms with E-state index in [0.29, 0.717) is 0 Å². The van der Waals surface area contributed by atoms with Crippen molar-refractivity contribution in [2.75, 3.05) is 6.54 Å². The number of nitrogens with zero attached hydrogens (tertiary/aromatic N) is 2. The van der Waals surface area contributed by atoms with Crippen molar-refractivity contribution in [3.63, 3.8) is 0 Å². The molecule has 3 aromatic rings. The highest BCUT2D eigenvalue weighted by atomic mass is 16.4. The molecule has 0 aliphatic rings. The maximum Gasteiger partial charge on any atom is 0.308 e. The van der Waals surface area contributed by atoms with Crippen molar-refractivity contribution in [2.24, 2.45) is 13.0 Å². The summed E-state index contributed by atoms with van der Waals surface area (Å²) in [5.74, 6) is -2.11. The number of hydrogen-bond donors (Lipinski definition) is 2. The minimum atomic E-state index is -1.01. The van der Waals surface area contributed by atoms with E-state index in [1.54, 1.807) is 6.92 Å². The van der Waals surface area contributed by atoms with Gasteiger partial charge in [0.05, 0.1) is 11.5 Å². The number of benzene rings is 1. The highest BCUT2D eigenvalue weighted by Crippen LogP contribution is 2.20. The molecule has 0 radical (unpaired) electrons. The van der Waals surface area contributed by atoms with Gasteiger partial charge < -0.3 is 19.4 Å². The number of carboxylic acid groups (broad SMARTS) is 1. The summed E-state index contributed by atoms with van der Waals surface area (Å²) in [5, 5.41) is 12.2. The Morgan fingerprint density at radius 2 is 2.00 bits per heavy atom. The fraction of sp³-hybridized carbons (Fsp3) is 0.263. The zero-order valence-corrected chi connectivity index (χ0v) is 14.9. The fourth-order valence-electron chi connectivity index (χ4n) is 2.91. The lowest BCUT2D eigenvalue weighted by Gasteiger charge is -2.13. The first-order chi connectivity index (χ1) is 12.9. The summed E-state index contributed by atoms with van der Waals surface area (Å²) in [6, 6.07) is 9.18. The van der Waals surface area contributed by atoms with E-state index in [2.05, 4.69) is 10.3 Å². The molecule has 0 fully saturated rings. The molecule has 1 aromatic carbocycles. The summed E-state index contributed by atoms with van der Waals surface area (Å²) in [7, 11) is 1.53. The molecule has 0 aliphatic carbocycles. The van der Waals surface area contributed by atoms with Gasteiger partial charge in [-0.15, -0.1) is 0 Å². The van der Waals surface area contributed by atoms with Gasteiger partial charge in [-0.3, -0.25) is 14.4 Å². The second-order valence-corrected chi connectivity index (χ2v) is 6.31. The van der Waals surface area contributed by atoms with Crippen LogP contribution in [0.15, 0.2) is 45.9 Å². The Morgan fingerprint density at radius 3 is 2.67 bits per heavy atom. The van der Waals surface area contributed by atoms with Crippen molar-refractivity contribution >= 4 is 23.0 Å². The largest absolute Gasteiger partial charge is 0.481 e. The first kappa shape index (κ1) is 18.4. The first-order valence-electron chi connectivity index (χ1n) is 8.38. The van der Waals surface area contributed by atoms with Gasteiger partial charge in [-0.1, -0.05) is 30.3 Å². The zero-order valence-electron chi connectivity index (χ0n) is 14.9. The SMILES string of the molecule is Cc1oc2ncn(C)c(=O)c2c1C(=O)NCC(Cc1ccccc1)C(=O)O. The molecule has 0 saturated heterocycles. The third kappa shape index (κ3) is 3.74. The molecule has 1 amide bonds. The quantitative estimate of drug-likeness (QED) is 0.681. The van der Waals surface area contributed by atoms with Crippen LogP contribution >= 0.6 is 0 Å². The number of aromatic nitrogens is 2. The highest BCUT2D eigenvalue weighted by Gasteiger charge is 2.24. The number of carbonyl (C=O) groups is 2. The van der Waals surface area contributed by atoms with Crippen LogP contribution in [0.3, 0.4) is 0 Å². The summed E-state index contributed by atoms with van der Waals surface area (Å²) in [6.45, 7) is 1.49. The van der Waals surface area contributed by atoms with Gasteiger partial charge in [-0.25, -0.2) is 4.98 Å². The van der Waals surface area contributed by atoms with Crippen LogP contribution in [0, 0.1) is 12.8 Å². The molecule has 8 nitrogen and oxygen atoms in total. The number of hydrogen-bond acceptors (Lipinski definition) is 5. The second-order valence-electron chi connectivity index (χ2n) is 6.31. The molecule has 2 aromatic heterocycles. The van der Waals surface area contributed by atoms with E-state index in [1.165, 1.54) is 17.9 Å². The molecule has 1 atom stereocenters. The molecule has 2 N–H and O–H groups in total. The molecule has 1 unspecified atom stereocenters. The summed E-state index contributed by atoms with van der Waals surface area (Å²) in [4.78, 5) is 40.5. The minimum Gasteiger partial charge on any atom is -0.481 e. The highest BCUT2D eigenvalue weighted by molar-refractivity contribution is 6.06. The number of nitrogens with one attached hydrogen (secondary N) is 1. The van der Waals surface area contributed by atoms with Crippen LogP contribution in [-0.2, 0) is 18.3 Å². The molecule has 8 heteroatoms. The van der Waals surface area contributed by atoms with E-state index in [4.69, 9.17) is 4.42 Å². The van der Waals surface area contributed by atoms with E-state index in [1.807, 2.05) is 30.3 Å². The molecule has 0 bridgehead atoms. The average Bonchev–Trinajstić information content (AvgIpc) is 2.99. The maximum atomic E-state index is 12.6. The molecule has 0 spiro atoms. The standard InChI is InChI=1S/C19H19N3O5/c1-11-14(15-17(27-11)21-10-22(2)18(15)24)16(23)20-9-13(19(25)26)8-12-6-4-3-5-7-12/h3-7,10,13H,8-9H2,1-2H3,(H,20,23)(H,25,26). The number of rotatable bonds is 6. The van der Waals surface area contributed by atoms with Crippen LogP contribution in [0.4, 0.5) is 0 Å². The van der Waals surface area contributed by atoms with E-state index in [9.17, 15) is 19.5 Å². The number of amides is 1. The minimum absolute atomic E-state index is 0.0737. The molecule has 2 heterocycles. The smallest absolute Gasteiger partial charge is 0.308 e. The van der Waals surface area contributed by atoms with Gasteiger partial charge in [0.25, 0.3) is 11.5 Å². The second kappa shape index (κ2) is 7.45. The van der Waals surface area contributed by atoms with Gasteiger partial charge in [-0.2, -0.15) is 0 Å². The van der Waals surface area contributed by atoms with Crippen LogP contribution in [0.2, 0.25) is 0 Å². The molecular weight excluding hydrogens is 350 g/mol. The van der Waals surface area contributed by atoms with Gasteiger partial charge in [-0.05, 0) is 18.9 Å².